The van der Waals surface area contributed by atoms with Gasteiger partial charge in [-0.25, -0.2) is 4.39 Å². The number of nitrogens with zero attached hydrogens (tertiary/aromatic N) is 3. The number of rotatable bonds is 4. The van der Waals surface area contributed by atoms with Gasteiger partial charge in [-0.3, -0.25) is 9.59 Å². The first-order valence-corrected chi connectivity index (χ1v) is 12.6. The summed E-state index contributed by atoms with van der Waals surface area (Å²) in [6, 6.07) is 22.2. The van der Waals surface area contributed by atoms with Gasteiger partial charge in [-0.15, -0.1) is 0 Å². The molecule has 3 aromatic carbocycles. The van der Waals surface area contributed by atoms with E-state index in [0.717, 1.165) is 24.2 Å². The molecule has 0 N–H and O–H groups in total. The summed E-state index contributed by atoms with van der Waals surface area (Å²) < 4.78 is 13.4. The zero-order valence-corrected chi connectivity index (χ0v) is 20.9. The number of anilines is 1. The van der Waals surface area contributed by atoms with E-state index >= 15 is 0 Å². The molecular formula is C30H32FN3O2. The second kappa shape index (κ2) is 10.1. The lowest BCUT2D eigenvalue weighted by Gasteiger charge is -2.38. The number of hydrogen-bond acceptors (Lipinski definition) is 3. The number of benzene rings is 3. The van der Waals surface area contributed by atoms with Gasteiger partial charge in [-0.05, 0) is 55.3 Å². The largest absolute Gasteiger partial charge is 0.368 e. The highest BCUT2D eigenvalue weighted by molar-refractivity contribution is 5.95. The van der Waals surface area contributed by atoms with Crippen molar-refractivity contribution in [2.75, 3.05) is 44.2 Å². The van der Waals surface area contributed by atoms with Crippen molar-refractivity contribution in [3.05, 3.63) is 101 Å². The summed E-state index contributed by atoms with van der Waals surface area (Å²) in [4.78, 5) is 33.1. The zero-order valence-electron chi connectivity index (χ0n) is 20.9. The minimum atomic E-state index is -0.372. The number of carbonyl (C=O) groups is 2. The molecule has 2 unspecified atom stereocenters. The van der Waals surface area contributed by atoms with Crippen molar-refractivity contribution in [3.63, 3.8) is 0 Å². The molecule has 2 atom stereocenters. The van der Waals surface area contributed by atoms with Crippen LogP contribution in [-0.4, -0.2) is 60.9 Å². The molecule has 186 valence electrons. The molecule has 0 bridgehead atoms. The average molecular weight is 486 g/mol. The SMILES string of the molecule is Cc1ccc(C2CN(C(=O)c3ccc(F)cc3)CC2C(=O)N2CCN(c3ccccc3C)CC2)cc1. The van der Waals surface area contributed by atoms with Gasteiger partial charge in [0, 0.05) is 56.4 Å². The summed E-state index contributed by atoms with van der Waals surface area (Å²) in [5.74, 6) is -0.798. The van der Waals surface area contributed by atoms with Gasteiger partial charge in [0.2, 0.25) is 5.91 Å². The topological polar surface area (TPSA) is 43.9 Å². The van der Waals surface area contributed by atoms with Crippen LogP contribution in [0, 0.1) is 25.6 Å². The van der Waals surface area contributed by atoms with Crippen LogP contribution in [0.2, 0.25) is 0 Å². The van der Waals surface area contributed by atoms with Crippen molar-refractivity contribution in [3.8, 4) is 0 Å². The molecule has 6 heteroatoms. The second-order valence-corrected chi connectivity index (χ2v) is 9.94. The van der Waals surface area contributed by atoms with Crippen LogP contribution < -0.4 is 4.90 Å². The molecule has 0 radical (unpaired) electrons. The summed E-state index contributed by atoms with van der Waals surface area (Å²) in [7, 11) is 0. The Kier molecular flexibility index (Phi) is 6.77. The smallest absolute Gasteiger partial charge is 0.253 e. The van der Waals surface area contributed by atoms with Gasteiger partial charge in [0.05, 0.1) is 5.92 Å². The third kappa shape index (κ3) is 4.85. The van der Waals surface area contributed by atoms with Gasteiger partial charge in [0.15, 0.2) is 0 Å². The summed E-state index contributed by atoms with van der Waals surface area (Å²) in [5, 5.41) is 0. The Morgan fingerprint density at radius 3 is 2.11 bits per heavy atom. The van der Waals surface area contributed by atoms with E-state index in [1.165, 1.54) is 35.5 Å². The summed E-state index contributed by atoms with van der Waals surface area (Å²) >= 11 is 0. The van der Waals surface area contributed by atoms with Crippen LogP contribution in [0.1, 0.15) is 33.0 Å². The number of carbonyl (C=O) groups excluding carboxylic acids is 2. The molecule has 36 heavy (non-hydrogen) atoms. The Morgan fingerprint density at radius 2 is 1.44 bits per heavy atom. The van der Waals surface area contributed by atoms with E-state index in [1.54, 1.807) is 4.90 Å². The van der Waals surface area contributed by atoms with Crippen LogP contribution in [0.15, 0.2) is 72.8 Å². The summed E-state index contributed by atoms with van der Waals surface area (Å²) in [6.45, 7) is 7.90. The highest BCUT2D eigenvalue weighted by atomic mass is 19.1. The first-order valence-electron chi connectivity index (χ1n) is 12.6. The Bertz CT molecular complexity index is 1230. The van der Waals surface area contributed by atoms with E-state index < -0.39 is 0 Å². The zero-order chi connectivity index (χ0) is 25.2. The molecule has 2 heterocycles. The number of halogens is 1. The number of piperazine rings is 1. The standard InChI is InChI=1S/C30H32FN3O2/c1-21-7-9-23(10-8-21)26-19-34(29(35)24-11-13-25(31)14-12-24)20-27(26)30(36)33-17-15-32(16-18-33)28-6-4-3-5-22(28)2/h3-14,26-27H,15-20H2,1-2H3. The predicted octanol–water partition coefficient (Wildman–Crippen LogP) is 4.65. The number of likely N-dealkylation sites (tertiary alicyclic amines) is 1. The van der Waals surface area contributed by atoms with Crippen molar-refractivity contribution in [1.29, 1.82) is 0 Å². The summed E-state index contributed by atoms with van der Waals surface area (Å²) in [6.07, 6.45) is 0. The molecule has 2 amide bonds. The third-order valence-corrected chi connectivity index (χ3v) is 7.57. The number of para-hydroxylation sites is 1. The molecular weight excluding hydrogens is 453 g/mol. The molecule has 5 rings (SSSR count). The summed E-state index contributed by atoms with van der Waals surface area (Å²) in [5.41, 5.74) is 5.14. The lowest BCUT2D eigenvalue weighted by molar-refractivity contribution is -0.135. The Balaban J connectivity index is 1.34. The van der Waals surface area contributed by atoms with Crippen LogP contribution in [0.3, 0.4) is 0 Å². The van der Waals surface area contributed by atoms with Crippen molar-refractivity contribution in [2.24, 2.45) is 5.92 Å². The minimum absolute atomic E-state index is 0.0723. The maximum Gasteiger partial charge on any atom is 0.253 e. The van der Waals surface area contributed by atoms with Crippen LogP contribution in [0.5, 0.6) is 0 Å². The van der Waals surface area contributed by atoms with E-state index in [2.05, 4.69) is 54.3 Å². The maximum absolute atomic E-state index is 13.8. The fraction of sp³-hybridized carbons (Fsp3) is 0.333. The van der Waals surface area contributed by atoms with E-state index in [4.69, 9.17) is 0 Å². The fourth-order valence-corrected chi connectivity index (χ4v) is 5.47. The molecule has 0 aliphatic carbocycles. The Morgan fingerprint density at radius 1 is 0.778 bits per heavy atom. The van der Waals surface area contributed by atoms with E-state index in [0.29, 0.717) is 31.7 Å². The lowest BCUT2D eigenvalue weighted by atomic mass is 9.87. The van der Waals surface area contributed by atoms with Gasteiger partial charge in [-0.2, -0.15) is 0 Å². The van der Waals surface area contributed by atoms with Gasteiger partial charge < -0.3 is 14.7 Å². The highest BCUT2D eigenvalue weighted by Crippen LogP contribution is 2.35. The van der Waals surface area contributed by atoms with E-state index in [9.17, 15) is 14.0 Å². The van der Waals surface area contributed by atoms with Gasteiger partial charge in [-0.1, -0.05) is 48.0 Å². The molecule has 3 aromatic rings. The van der Waals surface area contributed by atoms with Crippen molar-refractivity contribution >= 4 is 17.5 Å². The van der Waals surface area contributed by atoms with Gasteiger partial charge >= 0.3 is 0 Å². The maximum atomic E-state index is 13.8. The number of amides is 2. The Hall–Kier alpha value is -3.67. The number of hydrogen-bond donors (Lipinski definition) is 0. The molecule has 2 aliphatic heterocycles. The molecule has 2 fully saturated rings. The van der Waals surface area contributed by atoms with E-state index in [-0.39, 0.29) is 29.5 Å². The fourth-order valence-electron chi connectivity index (χ4n) is 5.47. The van der Waals surface area contributed by atoms with Crippen LogP contribution in [-0.2, 0) is 4.79 Å². The molecule has 5 nitrogen and oxygen atoms in total. The first-order chi connectivity index (χ1) is 17.4. The van der Waals surface area contributed by atoms with Crippen molar-refractivity contribution in [2.45, 2.75) is 19.8 Å². The van der Waals surface area contributed by atoms with Crippen LogP contribution in [0.4, 0.5) is 10.1 Å². The van der Waals surface area contributed by atoms with E-state index in [1.807, 2.05) is 17.9 Å². The first kappa shape index (κ1) is 24.0. The highest BCUT2D eigenvalue weighted by Gasteiger charge is 2.42. The molecule has 0 spiro atoms. The van der Waals surface area contributed by atoms with Crippen LogP contribution >= 0.6 is 0 Å². The quantitative estimate of drug-likeness (QED) is 0.541. The molecule has 2 saturated heterocycles. The monoisotopic (exact) mass is 485 g/mol. The third-order valence-electron chi connectivity index (χ3n) is 7.57. The van der Waals surface area contributed by atoms with Crippen molar-refractivity contribution < 1.29 is 14.0 Å². The normalized spacial score (nSPS) is 20.0. The predicted molar refractivity (Wildman–Crippen MR) is 140 cm³/mol. The number of aryl methyl sites for hydroxylation is 2. The lowest BCUT2D eigenvalue weighted by Crippen LogP contribution is -2.51. The molecule has 0 aromatic heterocycles. The Labute approximate surface area is 212 Å². The van der Waals surface area contributed by atoms with Gasteiger partial charge in [0.1, 0.15) is 5.82 Å². The molecule has 0 saturated carbocycles. The van der Waals surface area contributed by atoms with Crippen molar-refractivity contribution in [1.82, 2.24) is 9.80 Å². The minimum Gasteiger partial charge on any atom is -0.368 e. The van der Waals surface area contributed by atoms with Gasteiger partial charge in [0.25, 0.3) is 5.91 Å². The average Bonchev–Trinajstić information content (AvgIpc) is 3.35. The molecule has 2 aliphatic rings. The van der Waals surface area contributed by atoms with Crippen LogP contribution in [0.25, 0.3) is 0 Å². The second-order valence-electron chi connectivity index (χ2n) is 9.94.